The van der Waals surface area contributed by atoms with Crippen LogP contribution in [0.15, 0.2) is 42.6 Å². The first-order valence-electron chi connectivity index (χ1n) is 10.1. The van der Waals surface area contributed by atoms with Crippen molar-refractivity contribution in [1.29, 1.82) is 0 Å². The number of fused-ring (bicyclic) bond motifs is 1. The molecule has 9 heteroatoms. The molecule has 0 radical (unpaired) electrons. The van der Waals surface area contributed by atoms with Gasteiger partial charge in [0.2, 0.25) is 5.82 Å². The van der Waals surface area contributed by atoms with Crippen LogP contribution in [0.3, 0.4) is 0 Å². The third-order valence-corrected chi connectivity index (χ3v) is 5.47. The smallest absolute Gasteiger partial charge is 0.202 e. The number of nitrogens with zero attached hydrogens (tertiary/aromatic N) is 7. The number of ether oxygens (including phenoxy) is 2. The van der Waals surface area contributed by atoms with Gasteiger partial charge in [-0.25, -0.2) is 9.67 Å². The van der Waals surface area contributed by atoms with Crippen molar-refractivity contribution in [2.75, 3.05) is 25.7 Å². The van der Waals surface area contributed by atoms with E-state index in [1.807, 2.05) is 24.3 Å². The summed E-state index contributed by atoms with van der Waals surface area (Å²) in [5, 5.41) is 11.6. The lowest BCUT2D eigenvalue weighted by atomic mass is 10.2. The Bertz CT molecular complexity index is 1210. The van der Waals surface area contributed by atoms with Gasteiger partial charge in [0.25, 0.3) is 0 Å². The van der Waals surface area contributed by atoms with Crippen LogP contribution in [0.25, 0.3) is 22.6 Å². The standard InChI is InChI=1S/C22H23N7O2/c1-28-22(25-26-27-28)21-12-23-19-7-6-15(10-20(19)24-21)29(13-14-4-5-14)16-8-17(30-2)11-18(9-16)31-3/h6-12,14H,4-5,13H2,1-3H3. The van der Waals surface area contributed by atoms with Crippen LogP contribution in [0, 0.1) is 5.92 Å². The molecule has 1 aliphatic carbocycles. The molecule has 1 aliphatic rings. The van der Waals surface area contributed by atoms with Crippen molar-refractivity contribution in [1.82, 2.24) is 30.2 Å². The Morgan fingerprint density at radius 2 is 1.77 bits per heavy atom. The van der Waals surface area contributed by atoms with E-state index in [9.17, 15) is 0 Å². The van der Waals surface area contributed by atoms with Gasteiger partial charge in [-0.05, 0) is 47.4 Å². The number of aromatic nitrogens is 6. The van der Waals surface area contributed by atoms with Gasteiger partial charge in [0, 0.05) is 43.2 Å². The molecule has 4 aromatic rings. The number of rotatable bonds is 7. The van der Waals surface area contributed by atoms with Crippen molar-refractivity contribution in [2.24, 2.45) is 13.0 Å². The van der Waals surface area contributed by atoms with Gasteiger partial charge in [-0.1, -0.05) is 0 Å². The van der Waals surface area contributed by atoms with Gasteiger partial charge in [-0.3, -0.25) is 4.98 Å². The van der Waals surface area contributed by atoms with Crippen LogP contribution >= 0.6 is 0 Å². The molecule has 1 fully saturated rings. The maximum absolute atomic E-state index is 5.49. The average molecular weight is 417 g/mol. The Morgan fingerprint density at radius 3 is 2.42 bits per heavy atom. The highest BCUT2D eigenvalue weighted by Gasteiger charge is 2.26. The second-order valence-electron chi connectivity index (χ2n) is 7.68. The van der Waals surface area contributed by atoms with Gasteiger partial charge >= 0.3 is 0 Å². The first-order valence-corrected chi connectivity index (χ1v) is 10.1. The van der Waals surface area contributed by atoms with E-state index in [1.165, 1.54) is 12.8 Å². The molecule has 0 saturated heterocycles. The fourth-order valence-corrected chi connectivity index (χ4v) is 3.59. The monoisotopic (exact) mass is 417 g/mol. The van der Waals surface area contributed by atoms with E-state index in [1.54, 1.807) is 32.1 Å². The molecule has 0 unspecified atom stereocenters. The summed E-state index contributed by atoms with van der Waals surface area (Å²) in [7, 11) is 5.11. The Kier molecular flexibility index (Phi) is 4.85. The number of tetrazole rings is 1. The second kappa shape index (κ2) is 7.82. The van der Waals surface area contributed by atoms with Gasteiger partial charge in [0.05, 0.1) is 31.4 Å². The van der Waals surface area contributed by atoms with Crippen LogP contribution in [0.2, 0.25) is 0 Å². The lowest BCUT2D eigenvalue weighted by Crippen LogP contribution is -2.20. The SMILES string of the molecule is COc1cc(OC)cc(N(CC2CC2)c2ccc3ncc(-c4nnnn4C)nc3c2)c1. The first kappa shape index (κ1) is 19.2. The van der Waals surface area contributed by atoms with Gasteiger partial charge < -0.3 is 14.4 Å². The lowest BCUT2D eigenvalue weighted by molar-refractivity contribution is 0.394. The summed E-state index contributed by atoms with van der Waals surface area (Å²) in [5.41, 5.74) is 4.29. The minimum atomic E-state index is 0.576. The molecular weight excluding hydrogens is 394 g/mol. The summed E-state index contributed by atoms with van der Waals surface area (Å²) in [4.78, 5) is 11.6. The minimum Gasteiger partial charge on any atom is -0.497 e. The molecule has 0 spiro atoms. The maximum Gasteiger partial charge on any atom is 0.202 e. The van der Waals surface area contributed by atoms with E-state index in [2.05, 4.69) is 37.5 Å². The molecule has 2 aromatic carbocycles. The summed E-state index contributed by atoms with van der Waals surface area (Å²) in [6.07, 6.45) is 4.19. The Morgan fingerprint density at radius 1 is 1.00 bits per heavy atom. The summed E-state index contributed by atoms with van der Waals surface area (Å²) in [5.74, 6) is 2.77. The normalized spacial score (nSPS) is 13.4. The molecule has 0 amide bonds. The largest absolute Gasteiger partial charge is 0.497 e. The molecule has 0 bridgehead atoms. The maximum atomic E-state index is 5.49. The van der Waals surface area contributed by atoms with Gasteiger partial charge in [0.15, 0.2) is 0 Å². The minimum absolute atomic E-state index is 0.576. The van der Waals surface area contributed by atoms with Crippen LogP contribution in [0.4, 0.5) is 11.4 Å². The fourth-order valence-electron chi connectivity index (χ4n) is 3.59. The van der Waals surface area contributed by atoms with E-state index in [0.717, 1.165) is 40.5 Å². The van der Waals surface area contributed by atoms with Gasteiger partial charge in [-0.2, -0.15) is 0 Å². The Labute approximate surface area is 179 Å². The van der Waals surface area contributed by atoms with Crippen LogP contribution in [-0.2, 0) is 7.05 Å². The summed E-state index contributed by atoms with van der Waals surface area (Å²) >= 11 is 0. The lowest BCUT2D eigenvalue weighted by Gasteiger charge is -2.26. The third-order valence-electron chi connectivity index (χ3n) is 5.47. The molecule has 158 valence electrons. The number of aryl methyl sites for hydroxylation is 1. The van der Waals surface area contributed by atoms with Crippen molar-refractivity contribution in [3.05, 3.63) is 42.6 Å². The first-order chi connectivity index (χ1) is 15.1. The highest BCUT2D eigenvalue weighted by Crippen LogP contribution is 2.38. The predicted molar refractivity (Wildman–Crippen MR) is 117 cm³/mol. The summed E-state index contributed by atoms with van der Waals surface area (Å²) in [6.45, 7) is 0.919. The van der Waals surface area contributed by atoms with Crippen molar-refractivity contribution < 1.29 is 9.47 Å². The zero-order chi connectivity index (χ0) is 21.4. The summed E-state index contributed by atoms with van der Waals surface area (Å²) < 4.78 is 12.6. The third kappa shape index (κ3) is 3.86. The number of methoxy groups -OCH3 is 2. The van der Waals surface area contributed by atoms with E-state index in [-0.39, 0.29) is 0 Å². The van der Waals surface area contributed by atoms with Crippen molar-refractivity contribution in [2.45, 2.75) is 12.8 Å². The van der Waals surface area contributed by atoms with Gasteiger partial charge in [-0.15, -0.1) is 5.10 Å². The van der Waals surface area contributed by atoms with Crippen LogP contribution in [0.1, 0.15) is 12.8 Å². The molecule has 0 atom stereocenters. The zero-order valence-electron chi connectivity index (χ0n) is 17.7. The second-order valence-corrected chi connectivity index (χ2v) is 7.68. The molecule has 5 rings (SSSR count). The molecule has 9 nitrogen and oxygen atoms in total. The molecule has 2 heterocycles. The molecular formula is C22H23N7O2. The predicted octanol–water partition coefficient (Wildman–Crippen LogP) is 3.39. The Balaban J connectivity index is 1.59. The van der Waals surface area contributed by atoms with E-state index in [4.69, 9.17) is 14.5 Å². The number of hydrogen-bond donors (Lipinski definition) is 0. The van der Waals surface area contributed by atoms with Crippen molar-refractivity contribution in [3.8, 4) is 23.0 Å². The molecule has 31 heavy (non-hydrogen) atoms. The fraction of sp³-hybridized carbons (Fsp3) is 0.318. The highest BCUT2D eigenvalue weighted by molar-refractivity contribution is 5.82. The van der Waals surface area contributed by atoms with Crippen molar-refractivity contribution in [3.63, 3.8) is 0 Å². The topological polar surface area (TPSA) is 91.1 Å². The number of anilines is 2. The molecule has 0 aliphatic heterocycles. The van der Waals surface area contributed by atoms with E-state index in [0.29, 0.717) is 17.4 Å². The molecule has 0 N–H and O–H groups in total. The zero-order valence-corrected chi connectivity index (χ0v) is 17.7. The Hall–Kier alpha value is -3.75. The van der Waals surface area contributed by atoms with E-state index < -0.39 is 0 Å². The highest BCUT2D eigenvalue weighted by atomic mass is 16.5. The van der Waals surface area contributed by atoms with Crippen LogP contribution in [0.5, 0.6) is 11.5 Å². The number of hydrogen-bond acceptors (Lipinski definition) is 8. The quantitative estimate of drug-likeness (QED) is 0.452. The van der Waals surface area contributed by atoms with Crippen LogP contribution < -0.4 is 14.4 Å². The van der Waals surface area contributed by atoms with Crippen LogP contribution in [-0.4, -0.2) is 50.9 Å². The molecule has 1 saturated carbocycles. The van der Waals surface area contributed by atoms with Gasteiger partial charge in [0.1, 0.15) is 17.2 Å². The average Bonchev–Trinajstić information content (AvgIpc) is 3.53. The number of benzene rings is 2. The van der Waals surface area contributed by atoms with E-state index >= 15 is 0 Å². The summed E-state index contributed by atoms with van der Waals surface area (Å²) in [6, 6.07) is 12.1. The van der Waals surface area contributed by atoms with Crippen molar-refractivity contribution >= 4 is 22.4 Å². The molecule has 2 aromatic heterocycles.